The fourth-order valence-corrected chi connectivity index (χ4v) is 2.13. The van der Waals surface area contributed by atoms with Gasteiger partial charge in [0.15, 0.2) is 0 Å². The SMILES string of the molecule is O=[N+]([O-])c1ccc(/C=N/N=c2ccn(O)c3ccccc23)cc1. The molecule has 0 aliphatic rings. The number of non-ortho nitro benzene ring substituents is 1. The minimum atomic E-state index is -0.453. The fraction of sp³-hybridized carbons (Fsp3) is 0. The monoisotopic (exact) mass is 308 g/mol. The van der Waals surface area contributed by atoms with E-state index in [0.29, 0.717) is 16.4 Å². The lowest BCUT2D eigenvalue weighted by molar-refractivity contribution is -0.384. The lowest BCUT2D eigenvalue weighted by Gasteiger charge is -2.02. The van der Waals surface area contributed by atoms with Crippen molar-refractivity contribution >= 4 is 22.8 Å². The lowest BCUT2D eigenvalue weighted by atomic mass is 10.2. The summed E-state index contributed by atoms with van der Waals surface area (Å²) < 4.78 is 1.02. The van der Waals surface area contributed by atoms with E-state index in [2.05, 4.69) is 10.2 Å². The first-order valence-corrected chi connectivity index (χ1v) is 6.76. The van der Waals surface area contributed by atoms with E-state index in [0.717, 1.165) is 10.1 Å². The molecule has 0 spiro atoms. The largest absolute Gasteiger partial charge is 0.428 e. The number of para-hydroxylation sites is 1. The quantitative estimate of drug-likeness (QED) is 0.349. The molecule has 7 heteroatoms. The van der Waals surface area contributed by atoms with Gasteiger partial charge in [0, 0.05) is 23.7 Å². The maximum atomic E-state index is 10.6. The van der Waals surface area contributed by atoms with Crippen molar-refractivity contribution in [2.75, 3.05) is 0 Å². The number of rotatable bonds is 3. The number of hydrogen-bond donors (Lipinski definition) is 1. The molecule has 0 aliphatic carbocycles. The standard InChI is InChI=1S/C16H12N4O3/c21-19-10-9-15(14-3-1-2-4-16(14)19)18-17-11-12-5-7-13(8-6-12)20(22)23/h1-11,21H/b17-11+,18-15?. The summed E-state index contributed by atoms with van der Waals surface area (Å²) in [6.45, 7) is 0. The van der Waals surface area contributed by atoms with Gasteiger partial charge in [-0.05, 0) is 29.8 Å². The van der Waals surface area contributed by atoms with Gasteiger partial charge in [0.25, 0.3) is 5.69 Å². The van der Waals surface area contributed by atoms with Crippen LogP contribution in [0.1, 0.15) is 5.56 Å². The molecule has 0 saturated carbocycles. The van der Waals surface area contributed by atoms with E-state index in [1.807, 2.05) is 18.2 Å². The summed E-state index contributed by atoms with van der Waals surface area (Å²) in [6, 6.07) is 14.9. The molecule has 23 heavy (non-hydrogen) atoms. The molecule has 0 unspecified atom stereocenters. The number of fused-ring (bicyclic) bond motifs is 1. The first-order chi connectivity index (χ1) is 11.1. The maximum absolute atomic E-state index is 10.6. The molecule has 1 aromatic heterocycles. The van der Waals surface area contributed by atoms with Crippen LogP contribution in [0.5, 0.6) is 0 Å². The molecule has 0 bridgehead atoms. The number of nitro groups is 1. The van der Waals surface area contributed by atoms with Crippen LogP contribution in [0.2, 0.25) is 0 Å². The Kier molecular flexibility index (Phi) is 3.84. The molecular formula is C16H12N4O3. The molecule has 0 aliphatic heterocycles. The third kappa shape index (κ3) is 3.08. The summed E-state index contributed by atoms with van der Waals surface area (Å²) in [6.07, 6.45) is 3.00. The van der Waals surface area contributed by atoms with Crippen LogP contribution in [0, 0.1) is 10.1 Å². The smallest absolute Gasteiger partial charge is 0.269 e. The number of benzene rings is 2. The summed E-state index contributed by atoms with van der Waals surface area (Å²) in [5.74, 6) is 0. The summed E-state index contributed by atoms with van der Waals surface area (Å²) in [7, 11) is 0. The van der Waals surface area contributed by atoms with Gasteiger partial charge in [-0.1, -0.05) is 18.2 Å². The van der Waals surface area contributed by atoms with Crippen molar-refractivity contribution in [2.45, 2.75) is 0 Å². The van der Waals surface area contributed by atoms with Crippen LogP contribution in [0.4, 0.5) is 5.69 Å². The van der Waals surface area contributed by atoms with Crippen molar-refractivity contribution in [3.63, 3.8) is 0 Å². The van der Waals surface area contributed by atoms with Crippen molar-refractivity contribution in [1.82, 2.24) is 4.73 Å². The van der Waals surface area contributed by atoms with Crippen LogP contribution in [0.3, 0.4) is 0 Å². The minimum absolute atomic E-state index is 0.0284. The topological polar surface area (TPSA) is 93.0 Å². The van der Waals surface area contributed by atoms with E-state index in [4.69, 9.17) is 0 Å². The zero-order valence-corrected chi connectivity index (χ0v) is 11.9. The summed E-state index contributed by atoms with van der Waals surface area (Å²) in [5.41, 5.74) is 1.36. The third-order valence-corrected chi connectivity index (χ3v) is 3.28. The van der Waals surface area contributed by atoms with E-state index in [1.165, 1.54) is 24.5 Å². The molecule has 1 heterocycles. The molecule has 7 nitrogen and oxygen atoms in total. The summed E-state index contributed by atoms with van der Waals surface area (Å²) in [5, 5.41) is 29.9. The van der Waals surface area contributed by atoms with E-state index in [1.54, 1.807) is 24.3 Å². The first-order valence-electron chi connectivity index (χ1n) is 6.76. The Labute approximate surface area is 130 Å². The zero-order chi connectivity index (χ0) is 16.2. The molecule has 2 aromatic carbocycles. The molecule has 0 atom stereocenters. The van der Waals surface area contributed by atoms with E-state index >= 15 is 0 Å². The van der Waals surface area contributed by atoms with Gasteiger partial charge in [-0.15, -0.1) is 0 Å². The number of pyridine rings is 1. The van der Waals surface area contributed by atoms with E-state index in [-0.39, 0.29) is 5.69 Å². The Morgan fingerprint density at radius 1 is 1.09 bits per heavy atom. The van der Waals surface area contributed by atoms with Crippen LogP contribution in [0.15, 0.2) is 71.0 Å². The highest BCUT2D eigenvalue weighted by molar-refractivity contribution is 5.80. The lowest BCUT2D eigenvalue weighted by Crippen LogP contribution is -2.07. The molecule has 0 saturated heterocycles. The van der Waals surface area contributed by atoms with Gasteiger partial charge in [0.2, 0.25) is 0 Å². The van der Waals surface area contributed by atoms with Crippen LogP contribution in [0.25, 0.3) is 10.9 Å². The van der Waals surface area contributed by atoms with Crippen molar-refractivity contribution in [2.24, 2.45) is 10.2 Å². The highest BCUT2D eigenvalue weighted by atomic mass is 16.6. The van der Waals surface area contributed by atoms with Gasteiger partial charge in [-0.3, -0.25) is 10.1 Å². The second-order valence-corrected chi connectivity index (χ2v) is 4.76. The predicted octanol–water partition coefficient (Wildman–Crippen LogP) is 2.72. The zero-order valence-electron chi connectivity index (χ0n) is 11.9. The first kappa shape index (κ1) is 14.5. The summed E-state index contributed by atoms with van der Waals surface area (Å²) in [4.78, 5) is 10.1. The summed E-state index contributed by atoms with van der Waals surface area (Å²) >= 11 is 0. The van der Waals surface area contributed by atoms with Crippen LogP contribution in [-0.4, -0.2) is 21.1 Å². The molecule has 0 radical (unpaired) electrons. The highest BCUT2D eigenvalue weighted by Crippen LogP contribution is 2.10. The second-order valence-electron chi connectivity index (χ2n) is 4.76. The fourth-order valence-electron chi connectivity index (χ4n) is 2.13. The third-order valence-electron chi connectivity index (χ3n) is 3.28. The number of nitro benzene ring substituents is 1. The number of hydrogen-bond acceptors (Lipinski definition) is 5. The maximum Gasteiger partial charge on any atom is 0.269 e. The van der Waals surface area contributed by atoms with Gasteiger partial charge in [0.1, 0.15) is 0 Å². The molecule has 1 N–H and O–H groups in total. The van der Waals surface area contributed by atoms with Gasteiger partial charge in [-0.25, -0.2) is 0 Å². The molecule has 0 amide bonds. The molecule has 0 fully saturated rings. The Bertz CT molecular complexity index is 959. The van der Waals surface area contributed by atoms with E-state index in [9.17, 15) is 15.3 Å². The average Bonchev–Trinajstić information content (AvgIpc) is 2.58. The van der Waals surface area contributed by atoms with Gasteiger partial charge in [0.05, 0.1) is 22.0 Å². The van der Waals surface area contributed by atoms with Crippen molar-refractivity contribution in [3.05, 3.63) is 81.8 Å². The number of nitrogens with zero attached hydrogens (tertiary/aromatic N) is 4. The van der Waals surface area contributed by atoms with Crippen LogP contribution in [-0.2, 0) is 0 Å². The second kappa shape index (κ2) is 6.10. The van der Waals surface area contributed by atoms with Crippen molar-refractivity contribution in [1.29, 1.82) is 0 Å². The molecule has 114 valence electrons. The van der Waals surface area contributed by atoms with Gasteiger partial charge in [-0.2, -0.15) is 14.9 Å². The minimum Gasteiger partial charge on any atom is -0.428 e. The highest BCUT2D eigenvalue weighted by Gasteiger charge is 2.02. The molecule has 3 aromatic rings. The average molecular weight is 308 g/mol. The Morgan fingerprint density at radius 2 is 1.83 bits per heavy atom. The Morgan fingerprint density at radius 3 is 2.57 bits per heavy atom. The predicted molar refractivity (Wildman–Crippen MR) is 85.4 cm³/mol. The van der Waals surface area contributed by atoms with Gasteiger partial charge >= 0.3 is 0 Å². The van der Waals surface area contributed by atoms with Crippen LogP contribution < -0.4 is 5.36 Å². The van der Waals surface area contributed by atoms with Gasteiger partial charge < -0.3 is 5.21 Å². The van der Waals surface area contributed by atoms with Crippen molar-refractivity contribution < 1.29 is 10.1 Å². The Balaban J connectivity index is 1.94. The molecular weight excluding hydrogens is 296 g/mol. The normalized spacial score (nSPS) is 12.1. The van der Waals surface area contributed by atoms with Crippen molar-refractivity contribution in [3.8, 4) is 0 Å². The Hall–Kier alpha value is -3.48. The van der Waals surface area contributed by atoms with Crippen LogP contribution >= 0.6 is 0 Å². The molecule has 3 rings (SSSR count). The van der Waals surface area contributed by atoms with E-state index < -0.39 is 4.92 Å². The number of aromatic nitrogens is 1.